The van der Waals surface area contributed by atoms with Gasteiger partial charge >= 0.3 is 0 Å². The highest BCUT2D eigenvalue weighted by molar-refractivity contribution is 5.04. The molecule has 1 aliphatic carbocycles. The monoisotopic (exact) mass is 177 g/mol. The largest absolute Gasteiger partial charge is 0.339 e. The van der Waals surface area contributed by atoms with Crippen LogP contribution < -0.4 is 0 Å². The molecule has 1 fully saturated rings. The van der Waals surface area contributed by atoms with Crippen molar-refractivity contribution in [3.05, 3.63) is 11.7 Å². The highest BCUT2D eigenvalue weighted by atomic mass is 16.5. The average molecular weight is 177 g/mol. The Balaban J connectivity index is 2.01. The number of nitrogens with zero attached hydrogens (tertiary/aromatic N) is 3. The van der Waals surface area contributed by atoms with E-state index < -0.39 is 0 Å². The Bertz CT molecular complexity index is 335. The minimum Gasteiger partial charge on any atom is -0.339 e. The number of rotatable bonds is 3. The van der Waals surface area contributed by atoms with Crippen molar-refractivity contribution in [1.29, 1.82) is 5.26 Å². The standard InChI is InChI=1S/C9H11N3O/c1-6(5-10)4-8-11-9(12-13-8)7-2-3-7/h6-7H,2-4H2,1H3. The maximum absolute atomic E-state index is 8.58. The van der Waals surface area contributed by atoms with Gasteiger partial charge in [0.1, 0.15) is 0 Å². The first-order valence-electron chi connectivity index (χ1n) is 4.51. The Morgan fingerprint density at radius 2 is 2.46 bits per heavy atom. The quantitative estimate of drug-likeness (QED) is 0.704. The highest BCUT2D eigenvalue weighted by Crippen LogP contribution is 2.38. The van der Waals surface area contributed by atoms with Crippen molar-refractivity contribution in [2.45, 2.75) is 32.1 Å². The molecule has 0 radical (unpaired) electrons. The molecule has 0 aromatic carbocycles. The van der Waals surface area contributed by atoms with Crippen LogP contribution in [-0.2, 0) is 6.42 Å². The third kappa shape index (κ3) is 1.86. The topological polar surface area (TPSA) is 62.7 Å². The molecule has 0 amide bonds. The Labute approximate surface area is 76.6 Å². The van der Waals surface area contributed by atoms with Gasteiger partial charge in [-0.3, -0.25) is 0 Å². The van der Waals surface area contributed by atoms with Crippen LogP contribution in [0.2, 0.25) is 0 Å². The van der Waals surface area contributed by atoms with Crippen LogP contribution >= 0.6 is 0 Å². The summed E-state index contributed by atoms with van der Waals surface area (Å²) in [5.74, 6) is 1.89. The van der Waals surface area contributed by atoms with Crippen molar-refractivity contribution in [2.24, 2.45) is 5.92 Å². The fourth-order valence-corrected chi connectivity index (χ4v) is 1.17. The Hall–Kier alpha value is -1.37. The SMILES string of the molecule is CC(C#N)Cc1nc(C2CC2)no1. The zero-order chi connectivity index (χ0) is 9.26. The summed E-state index contributed by atoms with van der Waals surface area (Å²) in [6, 6.07) is 2.14. The van der Waals surface area contributed by atoms with Gasteiger partial charge in [-0.1, -0.05) is 5.16 Å². The van der Waals surface area contributed by atoms with Crippen LogP contribution in [-0.4, -0.2) is 10.1 Å². The Kier molecular flexibility index (Phi) is 2.01. The fourth-order valence-electron chi connectivity index (χ4n) is 1.17. The van der Waals surface area contributed by atoms with Crippen LogP contribution in [0.1, 0.15) is 37.4 Å². The summed E-state index contributed by atoms with van der Waals surface area (Å²) in [5, 5.41) is 12.5. The third-order valence-corrected chi connectivity index (χ3v) is 2.13. The van der Waals surface area contributed by atoms with E-state index in [9.17, 15) is 0 Å². The number of hydrogen-bond acceptors (Lipinski definition) is 4. The molecule has 68 valence electrons. The molecule has 13 heavy (non-hydrogen) atoms. The molecule has 4 nitrogen and oxygen atoms in total. The lowest BCUT2D eigenvalue weighted by Crippen LogP contribution is -1.96. The molecule has 0 bridgehead atoms. The molecule has 0 spiro atoms. The molecule has 4 heteroatoms. The zero-order valence-corrected chi connectivity index (χ0v) is 7.53. The normalized spacial score (nSPS) is 18.2. The number of aromatic nitrogens is 2. The van der Waals surface area contributed by atoms with Crippen molar-refractivity contribution < 1.29 is 4.52 Å². The van der Waals surface area contributed by atoms with Gasteiger partial charge in [0, 0.05) is 12.3 Å². The van der Waals surface area contributed by atoms with E-state index in [2.05, 4.69) is 16.2 Å². The smallest absolute Gasteiger partial charge is 0.227 e. The second kappa shape index (κ2) is 3.17. The summed E-state index contributed by atoms with van der Waals surface area (Å²) in [6.45, 7) is 1.85. The first-order valence-corrected chi connectivity index (χ1v) is 4.51. The first kappa shape index (κ1) is 8.24. The predicted octanol–water partition coefficient (Wildman–Crippen LogP) is 1.65. The van der Waals surface area contributed by atoms with Gasteiger partial charge in [0.2, 0.25) is 5.89 Å². The van der Waals surface area contributed by atoms with Crippen molar-refractivity contribution in [1.82, 2.24) is 10.1 Å². The molecular weight excluding hydrogens is 166 g/mol. The Morgan fingerprint density at radius 1 is 1.69 bits per heavy atom. The van der Waals surface area contributed by atoms with Crippen molar-refractivity contribution in [3.63, 3.8) is 0 Å². The molecule has 0 saturated heterocycles. The van der Waals surface area contributed by atoms with Crippen LogP contribution in [0.25, 0.3) is 0 Å². The minimum absolute atomic E-state index is 0.0486. The molecule has 1 saturated carbocycles. The molecule has 1 atom stereocenters. The highest BCUT2D eigenvalue weighted by Gasteiger charge is 2.28. The van der Waals surface area contributed by atoms with Gasteiger partial charge in [-0.05, 0) is 19.8 Å². The lowest BCUT2D eigenvalue weighted by molar-refractivity contribution is 0.364. The van der Waals surface area contributed by atoms with Gasteiger partial charge in [0.25, 0.3) is 0 Å². The van der Waals surface area contributed by atoms with Gasteiger partial charge in [-0.25, -0.2) is 0 Å². The van der Waals surface area contributed by atoms with Crippen LogP contribution in [0.4, 0.5) is 0 Å². The molecule has 1 aliphatic rings. The van der Waals surface area contributed by atoms with E-state index in [4.69, 9.17) is 9.78 Å². The molecule has 1 unspecified atom stereocenters. The van der Waals surface area contributed by atoms with E-state index >= 15 is 0 Å². The van der Waals surface area contributed by atoms with Crippen molar-refractivity contribution in [3.8, 4) is 6.07 Å². The van der Waals surface area contributed by atoms with E-state index in [1.807, 2.05) is 6.92 Å². The third-order valence-electron chi connectivity index (χ3n) is 2.13. The van der Waals surface area contributed by atoms with Gasteiger partial charge in [-0.15, -0.1) is 0 Å². The summed E-state index contributed by atoms with van der Waals surface area (Å²) in [4.78, 5) is 4.23. The van der Waals surface area contributed by atoms with Crippen LogP contribution in [0.15, 0.2) is 4.52 Å². The molecule has 0 aliphatic heterocycles. The van der Waals surface area contributed by atoms with Gasteiger partial charge in [-0.2, -0.15) is 10.2 Å². The molecule has 0 N–H and O–H groups in total. The van der Waals surface area contributed by atoms with Crippen molar-refractivity contribution >= 4 is 0 Å². The minimum atomic E-state index is -0.0486. The summed E-state index contributed by atoms with van der Waals surface area (Å²) in [7, 11) is 0. The fraction of sp³-hybridized carbons (Fsp3) is 0.667. The lowest BCUT2D eigenvalue weighted by Gasteiger charge is -1.93. The van der Waals surface area contributed by atoms with E-state index in [1.165, 1.54) is 12.8 Å². The van der Waals surface area contributed by atoms with Crippen molar-refractivity contribution in [2.75, 3.05) is 0 Å². The summed E-state index contributed by atoms with van der Waals surface area (Å²) < 4.78 is 5.03. The Morgan fingerprint density at radius 3 is 3.08 bits per heavy atom. The van der Waals surface area contributed by atoms with Gasteiger partial charge < -0.3 is 4.52 Å². The zero-order valence-electron chi connectivity index (χ0n) is 7.53. The lowest BCUT2D eigenvalue weighted by atomic mass is 10.1. The maximum Gasteiger partial charge on any atom is 0.227 e. The number of nitriles is 1. The summed E-state index contributed by atoms with van der Waals surface area (Å²) in [5.41, 5.74) is 0. The maximum atomic E-state index is 8.58. The number of hydrogen-bond donors (Lipinski definition) is 0. The molecule has 1 aromatic heterocycles. The second-order valence-corrected chi connectivity index (χ2v) is 3.55. The first-order chi connectivity index (χ1) is 6.29. The predicted molar refractivity (Wildman–Crippen MR) is 44.8 cm³/mol. The van der Waals surface area contributed by atoms with E-state index in [0.717, 1.165) is 5.82 Å². The second-order valence-electron chi connectivity index (χ2n) is 3.55. The van der Waals surface area contributed by atoms with Crippen LogP contribution in [0, 0.1) is 17.2 Å². The van der Waals surface area contributed by atoms with E-state index in [1.54, 1.807) is 0 Å². The molecule has 1 heterocycles. The van der Waals surface area contributed by atoms with E-state index in [-0.39, 0.29) is 5.92 Å². The van der Waals surface area contributed by atoms with Gasteiger partial charge in [0.05, 0.1) is 12.0 Å². The average Bonchev–Trinajstić information content (AvgIpc) is 2.88. The van der Waals surface area contributed by atoms with E-state index in [0.29, 0.717) is 18.2 Å². The molecular formula is C9H11N3O. The summed E-state index contributed by atoms with van der Waals surface area (Å²) in [6.07, 6.45) is 2.91. The molecule has 1 aromatic rings. The van der Waals surface area contributed by atoms with Crippen LogP contribution in [0.5, 0.6) is 0 Å². The summed E-state index contributed by atoms with van der Waals surface area (Å²) >= 11 is 0. The van der Waals surface area contributed by atoms with Gasteiger partial charge in [0.15, 0.2) is 5.82 Å². The molecule has 2 rings (SSSR count). The van der Waals surface area contributed by atoms with Crippen LogP contribution in [0.3, 0.4) is 0 Å².